The second-order valence-electron chi connectivity index (χ2n) is 5.54. The van der Waals surface area contributed by atoms with Crippen LogP contribution in [0.4, 0.5) is 5.69 Å². The van der Waals surface area contributed by atoms with Crippen LogP contribution in [0.25, 0.3) is 21.8 Å². The molecular weight excluding hydrogens is 268 g/mol. The molecule has 112 valence electrons. The molecule has 1 heterocycles. The molecular formula is C20H22N2. The lowest BCUT2D eigenvalue weighted by molar-refractivity contribution is 0.687. The van der Waals surface area contributed by atoms with Crippen molar-refractivity contribution in [3.05, 3.63) is 66.8 Å². The largest absolute Gasteiger partial charge is 0.399 e. The summed E-state index contributed by atoms with van der Waals surface area (Å²) in [5, 5.41) is 2.54. The maximum Gasteiger partial charge on any atom is 0.0492 e. The molecule has 0 aliphatic heterocycles. The number of unbranched alkanes of at least 4 members (excludes halogenated alkanes) is 1. The number of nitrogens with two attached hydrogens (primary N) is 1. The van der Waals surface area contributed by atoms with Crippen LogP contribution in [-0.2, 0) is 6.54 Å². The predicted molar refractivity (Wildman–Crippen MR) is 97.0 cm³/mol. The standard InChI is InChI=1S/C20H22N2/c1-2-3-4-5-6-9-14-22-19-11-8-7-10-17(19)18-15-16(21)12-13-20(18)22/h2-5,7-8,10-13,15H,6,9,14,21H2,1H3/b3-2-,5-4-. The summed E-state index contributed by atoms with van der Waals surface area (Å²) in [7, 11) is 0. The first-order valence-electron chi connectivity index (χ1n) is 7.85. The number of nitrogen functional groups attached to an aromatic ring is 1. The Hall–Kier alpha value is -2.48. The average Bonchev–Trinajstić information content (AvgIpc) is 2.84. The molecule has 0 atom stereocenters. The minimum absolute atomic E-state index is 0.824. The molecule has 3 aromatic rings. The SMILES string of the molecule is C/C=C\C=C/CCCn1c2ccccc2c2cc(N)ccc21. The number of fused-ring (bicyclic) bond motifs is 3. The van der Waals surface area contributed by atoms with Crippen LogP contribution < -0.4 is 5.73 Å². The summed E-state index contributed by atoms with van der Waals surface area (Å²) in [6, 6.07) is 14.8. The van der Waals surface area contributed by atoms with Gasteiger partial charge in [0.05, 0.1) is 0 Å². The molecule has 0 saturated heterocycles. The zero-order valence-electron chi connectivity index (χ0n) is 13.0. The van der Waals surface area contributed by atoms with E-state index in [1.807, 2.05) is 19.1 Å². The molecule has 2 N–H and O–H groups in total. The number of benzene rings is 2. The van der Waals surface area contributed by atoms with E-state index in [1.165, 1.54) is 21.8 Å². The molecule has 2 heteroatoms. The Bertz CT molecular complexity index is 837. The van der Waals surface area contributed by atoms with Crippen LogP contribution in [0.1, 0.15) is 19.8 Å². The van der Waals surface area contributed by atoms with Crippen LogP contribution in [0.5, 0.6) is 0 Å². The monoisotopic (exact) mass is 290 g/mol. The topological polar surface area (TPSA) is 30.9 Å². The third-order valence-electron chi connectivity index (χ3n) is 3.99. The fourth-order valence-electron chi connectivity index (χ4n) is 2.97. The minimum atomic E-state index is 0.824. The number of hydrogen-bond acceptors (Lipinski definition) is 1. The molecule has 0 unspecified atom stereocenters. The average molecular weight is 290 g/mol. The minimum Gasteiger partial charge on any atom is -0.399 e. The lowest BCUT2D eigenvalue weighted by Gasteiger charge is -2.06. The van der Waals surface area contributed by atoms with Gasteiger partial charge in [0.1, 0.15) is 0 Å². The molecule has 0 amide bonds. The first kappa shape index (κ1) is 14.5. The van der Waals surface area contributed by atoms with E-state index in [9.17, 15) is 0 Å². The van der Waals surface area contributed by atoms with E-state index in [4.69, 9.17) is 5.73 Å². The van der Waals surface area contributed by atoms with Gasteiger partial charge >= 0.3 is 0 Å². The number of aryl methyl sites for hydroxylation is 1. The Balaban J connectivity index is 1.93. The first-order valence-corrected chi connectivity index (χ1v) is 7.85. The van der Waals surface area contributed by atoms with Gasteiger partial charge in [0, 0.05) is 34.0 Å². The van der Waals surface area contributed by atoms with Gasteiger partial charge in [-0.3, -0.25) is 0 Å². The molecule has 3 rings (SSSR count). The molecule has 22 heavy (non-hydrogen) atoms. The molecule has 2 nitrogen and oxygen atoms in total. The highest BCUT2D eigenvalue weighted by molar-refractivity contribution is 6.08. The quantitative estimate of drug-likeness (QED) is 0.386. The number of anilines is 1. The summed E-state index contributed by atoms with van der Waals surface area (Å²) >= 11 is 0. The first-order chi connectivity index (χ1) is 10.8. The van der Waals surface area contributed by atoms with Crippen molar-refractivity contribution in [1.82, 2.24) is 4.57 Å². The number of hydrogen-bond donors (Lipinski definition) is 1. The van der Waals surface area contributed by atoms with Crippen molar-refractivity contribution in [2.45, 2.75) is 26.3 Å². The van der Waals surface area contributed by atoms with Gasteiger partial charge in [-0.1, -0.05) is 42.5 Å². The number of para-hydroxylation sites is 1. The normalized spacial score (nSPS) is 12.2. The van der Waals surface area contributed by atoms with Gasteiger partial charge in [0.2, 0.25) is 0 Å². The Morgan fingerprint density at radius 2 is 1.82 bits per heavy atom. The smallest absolute Gasteiger partial charge is 0.0492 e. The highest BCUT2D eigenvalue weighted by Gasteiger charge is 2.09. The molecule has 2 aromatic carbocycles. The second kappa shape index (κ2) is 6.52. The maximum absolute atomic E-state index is 5.97. The van der Waals surface area contributed by atoms with E-state index < -0.39 is 0 Å². The summed E-state index contributed by atoms with van der Waals surface area (Å²) in [6.07, 6.45) is 10.7. The zero-order chi connectivity index (χ0) is 15.4. The van der Waals surface area contributed by atoms with Crippen LogP contribution in [0.3, 0.4) is 0 Å². The molecule has 0 aliphatic rings. The van der Waals surface area contributed by atoms with Gasteiger partial charge in [-0.25, -0.2) is 0 Å². The van der Waals surface area contributed by atoms with Crippen LogP contribution in [0.15, 0.2) is 66.8 Å². The van der Waals surface area contributed by atoms with Gasteiger partial charge in [-0.05, 0) is 44.0 Å². The van der Waals surface area contributed by atoms with Gasteiger partial charge in [0.25, 0.3) is 0 Å². The number of rotatable bonds is 5. The van der Waals surface area contributed by atoms with Gasteiger partial charge in [0.15, 0.2) is 0 Å². The van der Waals surface area contributed by atoms with E-state index in [-0.39, 0.29) is 0 Å². The van der Waals surface area contributed by atoms with E-state index in [0.717, 1.165) is 25.1 Å². The Morgan fingerprint density at radius 1 is 1.00 bits per heavy atom. The van der Waals surface area contributed by atoms with Crippen molar-refractivity contribution in [2.24, 2.45) is 0 Å². The number of nitrogens with zero attached hydrogens (tertiary/aromatic N) is 1. The summed E-state index contributed by atoms with van der Waals surface area (Å²) in [5.41, 5.74) is 9.35. The van der Waals surface area contributed by atoms with Gasteiger partial charge in [-0.15, -0.1) is 0 Å². The van der Waals surface area contributed by atoms with Crippen LogP contribution in [0.2, 0.25) is 0 Å². The summed E-state index contributed by atoms with van der Waals surface area (Å²) < 4.78 is 2.41. The van der Waals surface area contributed by atoms with E-state index in [2.05, 4.69) is 59.2 Å². The van der Waals surface area contributed by atoms with Gasteiger partial charge < -0.3 is 10.3 Å². The summed E-state index contributed by atoms with van der Waals surface area (Å²) in [5.74, 6) is 0. The predicted octanol–water partition coefficient (Wildman–Crippen LogP) is 5.29. The van der Waals surface area contributed by atoms with E-state index in [0.29, 0.717) is 0 Å². The fourth-order valence-corrected chi connectivity index (χ4v) is 2.97. The van der Waals surface area contributed by atoms with Crippen LogP contribution in [-0.4, -0.2) is 4.57 Å². The third-order valence-corrected chi connectivity index (χ3v) is 3.99. The van der Waals surface area contributed by atoms with E-state index in [1.54, 1.807) is 0 Å². The molecule has 0 aliphatic carbocycles. The van der Waals surface area contributed by atoms with Crippen molar-refractivity contribution < 1.29 is 0 Å². The Morgan fingerprint density at radius 3 is 2.68 bits per heavy atom. The summed E-state index contributed by atoms with van der Waals surface area (Å²) in [4.78, 5) is 0. The van der Waals surface area contributed by atoms with Crippen molar-refractivity contribution in [1.29, 1.82) is 0 Å². The Labute approximate surface area is 131 Å². The molecule has 0 spiro atoms. The molecule has 0 bridgehead atoms. The van der Waals surface area contributed by atoms with Gasteiger partial charge in [-0.2, -0.15) is 0 Å². The van der Waals surface area contributed by atoms with Crippen molar-refractivity contribution >= 4 is 27.5 Å². The number of aromatic nitrogens is 1. The van der Waals surface area contributed by atoms with Crippen LogP contribution >= 0.6 is 0 Å². The molecule has 0 fully saturated rings. The maximum atomic E-state index is 5.97. The third kappa shape index (κ3) is 2.77. The number of allylic oxidation sites excluding steroid dienone is 4. The second-order valence-corrected chi connectivity index (χ2v) is 5.54. The lowest BCUT2D eigenvalue weighted by Crippen LogP contribution is -1.97. The van der Waals surface area contributed by atoms with Crippen molar-refractivity contribution in [2.75, 3.05) is 5.73 Å². The molecule has 0 saturated carbocycles. The zero-order valence-corrected chi connectivity index (χ0v) is 13.0. The fraction of sp³-hybridized carbons (Fsp3) is 0.200. The Kier molecular flexibility index (Phi) is 4.29. The van der Waals surface area contributed by atoms with E-state index >= 15 is 0 Å². The van der Waals surface area contributed by atoms with Crippen LogP contribution in [0, 0.1) is 0 Å². The summed E-state index contributed by atoms with van der Waals surface area (Å²) in [6.45, 7) is 3.06. The lowest BCUT2D eigenvalue weighted by atomic mass is 10.1. The van der Waals surface area contributed by atoms with Crippen molar-refractivity contribution in [3.63, 3.8) is 0 Å². The highest BCUT2D eigenvalue weighted by atomic mass is 15.0. The molecule has 0 radical (unpaired) electrons. The van der Waals surface area contributed by atoms with Crippen molar-refractivity contribution in [3.8, 4) is 0 Å². The highest BCUT2D eigenvalue weighted by Crippen LogP contribution is 2.30. The molecule has 1 aromatic heterocycles.